The lowest BCUT2D eigenvalue weighted by Gasteiger charge is -2.27. The second-order valence-corrected chi connectivity index (χ2v) is 11.0. The molecule has 2 unspecified atom stereocenters. The van der Waals surface area contributed by atoms with Crippen LogP contribution in [0, 0.1) is 17.8 Å². The average molecular weight is 568 g/mol. The van der Waals surface area contributed by atoms with Crippen molar-refractivity contribution in [3.63, 3.8) is 0 Å². The van der Waals surface area contributed by atoms with Gasteiger partial charge in [0.15, 0.2) is 11.5 Å². The summed E-state index contributed by atoms with van der Waals surface area (Å²) in [6, 6.07) is 4.36. The van der Waals surface area contributed by atoms with Crippen LogP contribution in [-0.2, 0) is 35.0 Å². The summed E-state index contributed by atoms with van der Waals surface area (Å²) in [5.74, 6) is -1.13. The number of nitrogens with two attached hydrogens (primary N) is 1. The minimum atomic E-state index is -1.56. The number of esters is 2. The molecule has 40 heavy (non-hydrogen) atoms. The third-order valence-corrected chi connectivity index (χ3v) is 6.33. The molecule has 1 aromatic carbocycles. The first kappa shape index (κ1) is 34.7. The maximum absolute atomic E-state index is 12.6. The third kappa shape index (κ3) is 11.8. The summed E-state index contributed by atoms with van der Waals surface area (Å²) >= 11 is 0. The van der Waals surface area contributed by atoms with Gasteiger partial charge in [0.1, 0.15) is 17.7 Å². The van der Waals surface area contributed by atoms with Gasteiger partial charge < -0.3 is 34.2 Å². The van der Waals surface area contributed by atoms with Crippen molar-refractivity contribution in [2.24, 2.45) is 23.5 Å². The molecule has 1 aromatic rings. The molecule has 0 bridgehead atoms. The van der Waals surface area contributed by atoms with Crippen molar-refractivity contribution in [2.45, 2.75) is 92.4 Å². The molecule has 0 fully saturated rings. The van der Waals surface area contributed by atoms with Crippen LogP contribution in [0.4, 0.5) is 9.59 Å². The summed E-state index contributed by atoms with van der Waals surface area (Å²) in [5, 5.41) is 0. The van der Waals surface area contributed by atoms with Crippen LogP contribution < -0.4 is 15.2 Å². The van der Waals surface area contributed by atoms with Gasteiger partial charge in [0.05, 0.1) is 13.7 Å². The molecule has 1 rings (SSSR count). The van der Waals surface area contributed by atoms with Gasteiger partial charge in [0.2, 0.25) is 0 Å². The first-order valence-corrected chi connectivity index (χ1v) is 13.5. The number of hydrogen-bond acceptors (Lipinski definition) is 11. The third-order valence-electron chi connectivity index (χ3n) is 6.33. The van der Waals surface area contributed by atoms with Gasteiger partial charge >= 0.3 is 24.2 Å². The van der Waals surface area contributed by atoms with E-state index in [0.29, 0.717) is 5.56 Å². The number of ether oxygens (including phenoxy) is 6. The predicted octanol–water partition coefficient (Wildman–Crippen LogP) is 5.20. The minimum absolute atomic E-state index is 0.0225. The van der Waals surface area contributed by atoms with Crippen LogP contribution >= 0.6 is 0 Å². The highest BCUT2D eigenvalue weighted by Crippen LogP contribution is 2.32. The normalized spacial score (nSPS) is 14.2. The van der Waals surface area contributed by atoms with E-state index in [1.165, 1.54) is 19.2 Å². The van der Waals surface area contributed by atoms with Gasteiger partial charge in [-0.3, -0.25) is 9.59 Å². The zero-order valence-electron chi connectivity index (χ0n) is 25.1. The molecular weight excluding hydrogens is 522 g/mol. The largest absolute Gasteiger partial charge is 0.514 e. The van der Waals surface area contributed by atoms with E-state index in [0.717, 1.165) is 0 Å². The van der Waals surface area contributed by atoms with Crippen LogP contribution in [0.3, 0.4) is 0 Å². The fourth-order valence-corrected chi connectivity index (χ4v) is 3.20. The number of hydrogen-bond donors (Lipinski definition) is 1. The first-order chi connectivity index (χ1) is 18.6. The Bertz CT molecular complexity index is 1010. The Balaban J connectivity index is 3.22. The molecule has 11 nitrogen and oxygen atoms in total. The van der Waals surface area contributed by atoms with Crippen molar-refractivity contribution in [3.8, 4) is 11.5 Å². The maximum Gasteiger partial charge on any atom is 0.514 e. The summed E-state index contributed by atoms with van der Waals surface area (Å²) in [6.45, 7) is 14.7. The van der Waals surface area contributed by atoms with Gasteiger partial charge in [-0.05, 0) is 49.3 Å². The van der Waals surface area contributed by atoms with E-state index >= 15 is 0 Å². The lowest BCUT2D eigenvalue weighted by atomic mass is 9.88. The highest BCUT2D eigenvalue weighted by molar-refractivity contribution is 5.81. The highest BCUT2D eigenvalue weighted by Gasteiger charge is 2.36. The molecule has 0 radical (unpaired) electrons. The van der Waals surface area contributed by atoms with E-state index in [1.54, 1.807) is 19.9 Å². The minimum Gasteiger partial charge on any atom is -0.468 e. The van der Waals surface area contributed by atoms with Crippen molar-refractivity contribution in [3.05, 3.63) is 23.8 Å². The Kier molecular flexibility index (Phi) is 13.9. The summed E-state index contributed by atoms with van der Waals surface area (Å²) in [7, 11) is 1.20. The van der Waals surface area contributed by atoms with Gasteiger partial charge in [0.25, 0.3) is 0 Å². The van der Waals surface area contributed by atoms with Crippen LogP contribution in [0.25, 0.3) is 0 Å². The van der Waals surface area contributed by atoms with Crippen LogP contribution in [0.15, 0.2) is 18.2 Å². The quantitative estimate of drug-likeness (QED) is 0.179. The van der Waals surface area contributed by atoms with Crippen LogP contribution in [0.2, 0.25) is 0 Å². The molecule has 0 spiro atoms. The monoisotopic (exact) mass is 567 g/mol. The van der Waals surface area contributed by atoms with E-state index in [4.69, 9.17) is 34.2 Å². The molecule has 0 amide bonds. The van der Waals surface area contributed by atoms with Gasteiger partial charge in [-0.2, -0.15) is 0 Å². The van der Waals surface area contributed by atoms with E-state index in [1.807, 2.05) is 41.5 Å². The van der Waals surface area contributed by atoms with Crippen molar-refractivity contribution in [2.75, 3.05) is 13.7 Å². The molecule has 0 saturated carbocycles. The second kappa shape index (κ2) is 16.1. The highest BCUT2D eigenvalue weighted by atomic mass is 16.8. The molecule has 0 heterocycles. The zero-order valence-corrected chi connectivity index (χ0v) is 25.1. The SMILES string of the molecule is COC(=O)[C@@](N)(CCOC(=O)CC(C)C)Cc1ccc(OC(=O)OC(C)C(C)C)c(OC(=O)OC(C)C(C)C)c1. The molecule has 0 aromatic heterocycles. The number of carbonyl (C=O) groups is 4. The van der Waals surface area contributed by atoms with Gasteiger partial charge in [-0.1, -0.05) is 47.6 Å². The van der Waals surface area contributed by atoms with Gasteiger partial charge in [-0.25, -0.2) is 9.59 Å². The number of rotatable bonds is 14. The molecule has 0 aliphatic carbocycles. The van der Waals surface area contributed by atoms with Crippen molar-refractivity contribution >= 4 is 24.2 Å². The average Bonchev–Trinajstić information content (AvgIpc) is 2.84. The lowest BCUT2D eigenvalue weighted by molar-refractivity contribution is -0.151. The molecule has 11 heteroatoms. The van der Waals surface area contributed by atoms with Crippen molar-refractivity contribution in [1.82, 2.24) is 0 Å². The Hall–Kier alpha value is -3.34. The smallest absolute Gasteiger partial charge is 0.468 e. The fourth-order valence-electron chi connectivity index (χ4n) is 3.20. The van der Waals surface area contributed by atoms with Gasteiger partial charge in [-0.15, -0.1) is 0 Å². The van der Waals surface area contributed by atoms with Crippen LogP contribution in [0.5, 0.6) is 11.5 Å². The van der Waals surface area contributed by atoms with E-state index in [2.05, 4.69) is 0 Å². The number of carbonyl (C=O) groups excluding carboxylic acids is 4. The Morgan fingerprint density at radius 1 is 0.825 bits per heavy atom. The van der Waals surface area contributed by atoms with Gasteiger partial charge in [0, 0.05) is 19.3 Å². The molecule has 0 saturated heterocycles. The molecule has 2 N–H and O–H groups in total. The second-order valence-electron chi connectivity index (χ2n) is 11.0. The maximum atomic E-state index is 12.6. The molecule has 3 atom stereocenters. The summed E-state index contributed by atoms with van der Waals surface area (Å²) in [5.41, 5.74) is 5.31. The molecular formula is C29H45NO10. The van der Waals surface area contributed by atoms with E-state index in [9.17, 15) is 19.2 Å². The molecule has 0 aliphatic rings. The Labute approximate surface area is 236 Å². The summed E-state index contributed by atoms with van der Waals surface area (Å²) in [4.78, 5) is 49.4. The number of methoxy groups -OCH3 is 1. The number of benzene rings is 1. The van der Waals surface area contributed by atoms with Crippen LogP contribution in [-0.4, -0.2) is 55.7 Å². The van der Waals surface area contributed by atoms with Crippen LogP contribution in [0.1, 0.15) is 73.8 Å². The Morgan fingerprint density at radius 3 is 1.82 bits per heavy atom. The van der Waals surface area contributed by atoms with Crippen molar-refractivity contribution in [1.29, 1.82) is 0 Å². The summed E-state index contributed by atoms with van der Waals surface area (Å²) in [6.07, 6.45) is -2.69. The molecule has 226 valence electrons. The zero-order chi connectivity index (χ0) is 30.6. The molecule has 0 aliphatic heterocycles. The predicted molar refractivity (Wildman–Crippen MR) is 147 cm³/mol. The van der Waals surface area contributed by atoms with E-state index in [-0.39, 0.29) is 55.1 Å². The topological polar surface area (TPSA) is 150 Å². The van der Waals surface area contributed by atoms with Crippen molar-refractivity contribution < 1.29 is 47.6 Å². The Morgan fingerprint density at radius 2 is 1.35 bits per heavy atom. The van der Waals surface area contributed by atoms with E-state index < -0.39 is 42.0 Å². The first-order valence-electron chi connectivity index (χ1n) is 13.5. The standard InChI is InChI=1S/C29H45NO10/c1-17(2)14-25(31)36-13-12-29(30,26(32)35-9)16-22-10-11-23(39-27(33)37-20(7)18(3)4)24(15-22)40-28(34)38-21(8)19(5)6/h10-11,15,17-21H,12-14,16,30H2,1-9H3/t20?,21?,29-/m1/s1. The lowest BCUT2D eigenvalue weighted by Crippen LogP contribution is -2.51. The fraction of sp³-hybridized carbons (Fsp3) is 0.655. The summed E-state index contributed by atoms with van der Waals surface area (Å²) < 4.78 is 31.4.